The summed E-state index contributed by atoms with van der Waals surface area (Å²) in [6.07, 6.45) is 19.2. The SMILES string of the molecule is CC(C)CCCC(C)[C@H]1CC[C@H]2[C@@H]3CC=C4C[C@@H](O)CC[C@]4(C)[C@H]3CC[C@]12C.CCCCO. The average Bonchev–Trinajstić information content (AvgIpc) is 3.12. The molecule has 2 nitrogen and oxygen atoms in total. The van der Waals surface area contributed by atoms with Gasteiger partial charge in [-0.25, -0.2) is 0 Å². The van der Waals surface area contributed by atoms with Crippen LogP contribution in [0.1, 0.15) is 125 Å². The van der Waals surface area contributed by atoms with E-state index in [0.29, 0.717) is 17.4 Å². The number of allylic oxidation sites excluding steroid dienone is 1. The normalized spacial score (nSPS) is 40.8. The topological polar surface area (TPSA) is 40.5 Å². The van der Waals surface area contributed by atoms with Crippen LogP contribution in [0.25, 0.3) is 0 Å². The Morgan fingerprint density at radius 3 is 2.36 bits per heavy atom. The number of hydrogen-bond acceptors (Lipinski definition) is 2. The molecule has 3 saturated carbocycles. The number of aliphatic hydroxyl groups excluding tert-OH is 2. The minimum atomic E-state index is -0.0766. The van der Waals surface area contributed by atoms with Gasteiger partial charge in [0.2, 0.25) is 0 Å². The fraction of sp³-hybridized carbons (Fsp3) is 0.935. The summed E-state index contributed by atoms with van der Waals surface area (Å²) in [5.41, 5.74) is 2.60. The van der Waals surface area contributed by atoms with Gasteiger partial charge in [0.15, 0.2) is 0 Å². The molecule has 0 aromatic carbocycles. The second-order valence-corrected chi connectivity index (χ2v) is 13.3. The zero-order chi connectivity index (χ0) is 24.2. The van der Waals surface area contributed by atoms with Crippen molar-refractivity contribution in [3.8, 4) is 0 Å². The molecule has 0 amide bonds. The van der Waals surface area contributed by atoms with Gasteiger partial charge in [0.1, 0.15) is 0 Å². The van der Waals surface area contributed by atoms with E-state index in [1.165, 1.54) is 57.8 Å². The maximum atomic E-state index is 10.2. The molecule has 0 spiro atoms. The highest BCUT2D eigenvalue weighted by atomic mass is 16.3. The van der Waals surface area contributed by atoms with Gasteiger partial charge in [0.25, 0.3) is 0 Å². The van der Waals surface area contributed by atoms with E-state index in [-0.39, 0.29) is 6.10 Å². The Kier molecular flexibility index (Phi) is 9.58. The lowest BCUT2D eigenvalue weighted by Gasteiger charge is -2.58. The van der Waals surface area contributed by atoms with E-state index in [1.54, 1.807) is 5.57 Å². The van der Waals surface area contributed by atoms with E-state index in [2.05, 4.69) is 47.6 Å². The van der Waals surface area contributed by atoms with Crippen molar-refractivity contribution < 1.29 is 10.2 Å². The lowest BCUT2D eigenvalue weighted by Crippen LogP contribution is -2.50. The van der Waals surface area contributed by atoms with Crippen molar-refractivity contribution in [1.29, 1.82) is 0 Å². The van der Waals surface area contributed by atoms with Crippen LogP contribution < -0.4 is 0 Å². The first-order chi connectivity index (χ1) is 15.7. The number of rotatable bonds is 7. The van der Waals surface area contributed by atoms with E-state index >= 15 is 0 Å². The highest BCUT2D eigenvalue weighted by Gasteiger charge is 2.59. The molecule has 4 aliphatic carbocycles. The van der Waals surface area contributed by atoms with Crippen LogP contribution in [0.4, 0.5) is 0 Å². The van der Waals surface area contributed by atoms with Crippen LogP contribution in [0, 0.1) is 46.3 Å². The molecule has 2 N–H and O–H groups in total. The van der Waals surface area contributed by atoms with Crippen molar-refractivity contribution in [2.24, 2.45) is 46.3 Å². The smallest absolute Gasteiger partial charge is 0.0577 e. The molecular formula is C31H56O2. The second-order valence-electron chi connectivity index (χ2n) is 13.3. The minimum Gasteiger partial charge on any atom is -0.396 e. The van der Waals surface area contributed by atoms with Gasteiger partial charge < -0.3 is 10.2 Å². The number of aliphatic hydroxyl groups is 2. The molecule has 2 heteroatoms. The Hall–Kier alpha value is -0.340. The van der Waals surface area contributed by atoms with E-state index < -0.39 is 0 Å². The highest BCUT2D eigenvalue weighted by Crippen LogP contribution is 2.67. The monoisotopic (exact) mass is 460 g/mol. The van der Waals surface area contributed by atoms with Crippen molar-refractivity contribution in [3.05, 3.63) is 11.6 Å². The lowest BCUT2D eigenvalue weighted by molar-refractivity contribution is -0.0573. The second kappa shape index (κ2) is 11.6. The Morgan fingerprint density at radius 1 is 0.970 bits per heavy atom. The Balaban J connectivity index is 0.000000555. The average molecular weight is 461 g/mol. The van der Waals surface area contributed by atoms with E-state index in [1.807, 2.05) is 0 Å². The van der Waals surface area contributed by atoms with Crippen molar-refractivity contribution in [1.82, 2.24) is 0 Å². The molecule has 0 aliphatic heterocycles. The molecule has 0 radical (unpaired) electrons. The standard InChI is InChI=1S/C27H46O.C4H10O/c1-18(2)7-6-8-19(3)23-11-12-24-22-10-9-20-17-21(28)13-15-26(20,4)25(22)14-16-27(23,24)5;1-2-3-4-5/h9,18-19,21-25,28H,6-8,10-17H2,1-5H3;5H,2-4H2,1H3/t19?,21-,22-,23+,24-,25-,26-,27+;/m0./s1. The summed E-state index contributed by atoms with van der Waals surface area (Å²) in [6.45, 7) is 15.0. The van der Waals surface area contributed by atoms with Gasteiger partial charge in [0.05, 0.1) is 6.10 Å². The highest BCUT2D eigenvalue weighted by molar-refractivity contribution is 5.25. The zero-order valence-electron chi connectivity index (χ0n) is 22.9. The van der Waals surface area contributed by atoms with Crippen molar-refractivity contribution in [2.45, 2.75) is 131 Å². The van der Waals surface area contributed by atoms with Gasteiger partial charge in [-0.2, -0.15) is 0 Å². The summed E-state index contributed by atoms with van der Waals surface area (Å²) in [7, 11) is 0. The first-order valence-corrected chi connectivity index (χ1v) is 14.7. The molecule has 0 saturated heterocycles. The minimum absolute atomic E-state index is 0.0766. The first-order valence-electron chi connectivity index (χ1n) is 14.7. The van der Waals surface area contributed by atoms with E-state index in [4.69, 9.17) is 5.11 Å². The first kappa shape index (κ1) is 27.3. The van der Waals surface area contributed by atoms with Crippen LogP contribution in [-0.4, -0.2) is 22.9 Å². The van der Waals surface area contributed by atoms with Crippen LogP contribution >= 0.6 is 0 Å². The van der Waals surface area contributed by atoms with Crippen LogP contribution in [-0.2, 0) is 0 Å². The van der Waals surface area contributed by atoms with Gasteiger partial charge in [-0.1, -0.05) is 78.9 Å². The van der Waals surface area contributed by atoms with Crippen molar-refractivity contribution >= 4 is 0 Å². The van der Waals surface area contributed by atoms with Gasteiger partial charge in [-0.05, 0) is 104 Å². The maximum Gasteiger partial charge on any atom is 0.0577 e. The molecule has 8 atom stereocenters. The van der Waals surface area contributed by atoms with Crippen LogP contribution in [0.15, 0.2) is 11.6 Å². The van der Waals surface area contributed by atoms with Crippen LogP contribution in [0.5, 0.6) is 0 Å². The molecule has 4 rings (SSSR count). The summed E-state index contributed by atoms with van der Waals surface area (Å²) in [6, 6.07) is 0. The van der Waals surface area contributed by atoms with Gasteiger partial charge in [-0.3, -0.25) is 0 Å². The summed E-state index contributed by atoms with van der Waals surface area (Å²) >= 11 is 0. The van der Waals surface area contributed by atoms with Crippen molar-refractivity contribution in [3.63, 3.8) is 0 Å². The number of fused-ring (bicyclic) bond motifs is 5. The third kappa shape index (κ3) is 5.74. The zero-order valence-corrected chi connectivity index (χ0v) is 22.9. The fourth-order valence-corrected chi connectivity index (χ4v) is 8.82. The van der Waals surface area contributed by atoms with Crippen LogP contribution in [0.3, 0.4) is 0 Å². The molecule has 0 aromatic heterocycles. The van der Waals surface area contributed by atoms with E-state index in [9.17, 15) is 5.11 Å². The van der Waals surface area contributed by atoms with Crippen LogP contribution in [0.2, 0.25) is 0 Å². The Labute approximate surface area is 206 Å². The third-order valence-corrected chi connectivity index (χ3v) is 10.8. The molecule has 0 heterocycles. The maximum absolute atomic E-state index is 10.2. The molecule has 1 unspecified atom stereocenters. The van der Waals surface area contributed by atoms with E-state index in [0.717, 1.165) is 61.2 Å². The molecule has 33 heavy (non-hydrogen) atoms. The molecule has 192 valence electrons. The molecular weight excluding hydrogens is 404 g/mol. The molecule has 0 aromatic rings. The quantitative estimate of drug-likeness (QED) is 0.376. The Morgan fingerprint density at radius 2 is 1.73 bits per heavy atom. The third-order valence-electron chi connectivity index (χ3n) is 10.8. The summed E-state index contributed by atoms with van der Waals surface area (Å²) in [4.78, 5) is 0. The summed E-state index contributed by atoms with van der Waals surface area (Å²) < 4.78 is 0. The van der Waals surface area contributed by atoms with Gasteiger partial charge >= 0.3 is 0 Å². The summed E-state index contributed by atoms with van der Waals surface area (Å²) in [5, 5.41) is 18.3. The fourth-order valence-electron chi connectivity index (χ4n) is 8.82. The molecule has 0 bridgehead atoms. The lowest BCUT2D eigenvalue weighted by atomic mass is 9.47. The predicted octanol–water partition coefficient (Wildman–Crippen LogP) is 8.17. The molecule has 3 fully saturated rings. The predicted molar refractivity (Wildman–Crippen MR) is 141 cm³/mol. The van der Waals surface area contributed by atoms with Gasteiger partial charge in [-0.15, -0.1) is 0 Å². The van der Waals surface area contributed by atoms with Crippen molar-refractivity contribution in [2.75, 3.05) is 6.61 Å². The number of unbranched alkanes of at least 4 members (excludes halogenated alkanes) is 1. The van der Waals surface area contributed by atoms with Gasteiger partial charge in [0, 0.05) is 6.61 Å². The summed E-state index contributed by atoms with van der Waals surface area (Å²) in [5.74, 6) is 5.46. The largest absolute Gasteiger partial charge is 0.396 e. The Bertz CT molecular complexity index is 637. The number of hydrogen-bond donors (Lipinski definition) is 2. The molecule has 4 aliphatic rings.